The van der Waals surface area contributed by atoms with Crippen LogP contribution in [0, 0.1) is 0 Å². The van der Waals surface area contributed by atoms with E-state index in [0.717, 1.165) is 25.3 Å². The average Bonchev–Trinajstić information content (AvgIpc) is 2.96. The van der Waals surface area contributed by atoms with E-state index in [1.54, 1.807) is 7.11 Å². The van der Waals surface area contributed by atoms with Crippen LogP contribution in [0.1, 0.15) is 24.1 Å². The first kappa shape index (κ1) is 12.5. The van der Waals surface area contributed by atoms with E-state index in [0.29, 0.717) is 19.1 Å². The van der Waals surface area contributed by atoms with E-state index in [9.17, 15) is 0 Å². The van der Waals surface area contributed by atoms with E-state index in [2.05, 4.69) is 15.5 Å². The van der Waals surface area contributed by atoms with Gasteiger partial charge in [-0.05, 0) is 13.5 Å². The molecule has 6 nitrogen and oxygen atoms in total. The summed E-state index contributed by atoms with van der Waals surface area (Å²) in [5.74, 6) is 1.59. The number of ether oxygens (including phenoxy) is 2. The third-order valence-corrected chi connectivity index (χ3v) is 3.00. The molecule has 1 aromatic rings. The Kier molecular flexibility index (Phi) is 4.47. The molecule has 0 aliphatic carbocycles. The van der Waals surface area contributed by atoms with E-state index < -0.39 is 0 Å². The van der Waals surface area contributed by atoms with Crippen molar-refractivity contribution in [3.05, 3.63) is 11.7 Å². The number of aryl methyl sites for hydroxylation is 1. The molecule has 1 aliphatic heterocycles. The van der Waals surface area contributed by atoms with Crippen molar-refractivity contribution in [1.82, 2.24) is 15.5 Å². The van der Waals surface area contributed by atoms with Gasteiger partial charge in [0.1, 0.15) is 0 Å². The zero-order valence-electron chi connectivity index (χ0n) is 10.3. The molecule has 17 heavy (non-hydrogen) atoms. The number of hydrogen-bond donors (Lipinski definition) is 1. The lowest BCUT2D eigenvalue weighted by Gasteiger charge is -2.11. The van der Waals surface area contributed by atoms with Crippen molar-refractivity contribution in [2.24, 2.45) is 0 Å². The molecule has 0 amide bonds. The van der Waals surface area contributed by atoms with Gasteiger partial charge in [0.2, 0.25) is 5.89 Å². The summed E-state index contributed by atoms with van der Waals surface area (Å²) in [4.78, 5) is 4.41. The Bertz CT molecular complexity index is 342. The summed E-state index contributed by atoms with van der Waals surface area (Å²) >= 11 is 0. The molecule has 96 valence electrons. The van der Waals surface area contributed by atoms with Crippen molar-refractivity contribution in [2.75, 3.05) is 34.0 Å². The molecule has 2 unspecified atom stereocenters. The minimum absolute atomic E-state index is 0.170. The Morgan fingerprint density at radius 2 is 2.35 bits per heavy atom. The molecule has 6 heteroatoms. The number of rotatable bonds is 6. The molecule has 0 radical (unpaired) electrons. The molecule has 1 aromatic heterocycles. The molecule has 0 aromatic carbocycles. The standard InChI is InChI=1S/C11H19N3O3/c1-12-9-7-16-6-8(9)11-13-10(14-17-11)4-3-5-15-2/h8-9,12H,3-7H2,1-2H3. The summed E-state index contributed by atoms with van der Waals surface area (Å²) in [6.45, 7) is 2.06. The molecule has 0 spiro atoms. The monoisotopic (exact) mass is 241 g/mol. The lowest BCUT2D eigenvalue weighted by molar-refractivity contribution is 0.185. The predicted molar refractivity (Wildman–Crippen MR) is 60.9 cm³/mol. The molecule has 2 rings (SSSR count). The largest absolute Gasteiger partial charge is 0.385 e. The molecule has 1 saturated heterocycles. The van der Waals surface area contributed by atoms with Crippen molar-refractivity contribution >= 4 is 0 Å². The molecule has 1 N–H and O–H groups in total. The number of likely N-dealkylation sites (N-methyl/N-ethyl adjacent to an activating group) is 1. The first-order valence-electron chi connectivity index (χ1n) is 5.91. The lowest BCUT2D eigenvalue weighted by atomic mass is 10.0. The summed E-state index contributed by atoms with van der Waals surface area (Å²) in [5, 5.41) is 7.18. The van der Waals surface area contributed by atoms with E-state index in [4.69, 9.17) is 14.0 Å². The fraction of sp³-hybridized carbons (Fsp3) is 0.818. The zero-order valence-corrected chi connectivity index (χ0v) is 10.3. The van der Waals surface area contributed by atoms with Gasteiger partial charge in [-0.3, -0.25) is 0 Å². The van der Waals surface area contributed by atoms with Crippen LogP contribution in [-0.2, 0) is 15.9 Å². The van der Waals surface area contributed by atoms with Crippen LogP contribution < -0.4 is 5.32 Å². The Morgan fingerprint density at radius 3 is 3.12 bits per heavy atom. The van der Waals surface area contributed by atoms with Gasteiger partial charge in [-0.25, -0.2) is 0 Å². The first-order chi connectivity index (χ1) is 8.35. The first-order valence-corrected chi connectivity index (χ1v) is 5.91. The maximum Gasteiger partial charge on any atom is 0.233 e. The molecule has 2 atom stereocenters. The molecular formula is C11H19N3O3. The Hall–Kier alpha value is -0.980. The van der Waals surface area contributed by atoms with E-state index in [-0.39, 0.29) is 12.0 Å². The predicted octanol–water partition coefficient (Wildman–Crippen LogP) is 0.350. The normalized spacial score (nSPS) is 24.4. The van der Waals surface area contributed by atoms with E-state index in [1.807, 2.05) is 7.05 Å². The number of nitrogens with one attached hydrogen (secondary N) is 1. The average molecular weight is 241 g/mol. The van der Waals surface area contributed by atoms with Gasteiger partial charge in [-0.15, -0.1) is 0 Å². The third kappa shape index (κ3) is 3.02. The summed E-state index contributed by atoms with van der Waals surface area (Å²) < 4.78 is 15.7. The van der Waals surface area contributed by atoms with Gasteiger partial charge in [-0.1, -0.05) is 5.16 Å². The second-order valence-electron chi connectivity index (χ2n) is 4.18. The highest BCUT2D eigenvalue weighted by atomic mass is 16.5. The minimum atomic E-state index is 0.170. The summed E-state index contributed by atoms with van der Waals surface area (Å²) in [6.07, 6.45) is 1.70. The highest BCUT2D eigenvalue weighted by molar-refractivity contribution is 5.02. The van der Waals surface area contributed by atoms with Crippen molar-refractivity contribution in [3.8, 4) is 0 Å². The van der Waals surface area contributed by atoms with Crippen LogP contribution in [-0.4, -0.2) is 50.2 Å². The summed E-state index contributed by atoms with van der Waals surface area (Å²) in [6, 6.07) is 0.266. The SMILES string of the molecule is CNC1COCC1c1nc(CCCOC)no1. The van der Waals surface area contributed by atoms with E-state index >= 15 is 0 Å². The molecule has 1 fully saturated rings. The van der Waals surface area contributed by atoms with Crippen molar-refractivity contribution in [1.29, 1.82) is 0 Å². The molecule has 2 heterocycles. The number of hydrogen-bond acceptors (Lipinski definition) is 6. The maximum atomic E-state index is 5.41. The van der Waals surface area contributed by atoms with Gasteiger partial charge >= 0.3 is 0 Å². The summed E-state index contributed by atoms with van der Waals surface area (Å²) in [5.41, 5.74) is 0. The fourth-order valence-corrected chi connectivity index (χ4v) is 1.98. The van der Waals surface area contributed by atoms with E-state index in [1.165, 1.54) is 0 Å². The minimum Gasteiger partial charge on any atom is -0.385 e. The van der Waals surface area contributed by atoms with Gasteiger partial charge < -0.3 is 19.3 Å². The fourth-order valence-electron chi connectivity index (χ4n) is 1.98. The Morgan fingerprint density at radius 1 is 1.47 bits per heavy atom. The van der Waals surface area contributed by atoms with Crippen molar-refractivity contribution < 1.29 is 14.0 Å². The van der Waals surface area contributed by atoms with Crippen LogP contribution >= 0.6 is 0 Å². The smallest absolute Gasteiger partial charge is 0.233 e. The van der Waals surface area contributed by atoms with Gasteiger partial charge in [0.25, 0.3) is 0 Å². The number of aromatic nitrogens is 2. The van der Waals surface area contributed by atoms with Gasteiger partial charge in [-0.2, -0.15) is 4.98 Å². The third-order valence-electron chi connectivity index (χ3n) is 3.00. The second-order valence-corrected chi connectivity index (χ2v) is 4.18. The maximum absolute atomic E-state index is 5.41. The quantitative estimate of drug-likeness (QED) is 0.725. The van der Waals surface area contributed by atoms with Gasteiger partial charge in [0.05, 0.1) is 19.1 Å². The van der Waals surface area contributed by atoms with Crippen LogP contribution in [0.3, 0.4) is 0 Å². The molecule has 0 bridgehead atoms. The van der Waals surface area contributed by atoms with Gasteiger partial charge in [0.15, 0.2) is 5.82 Å². The van der Waals surface area contributed by atoms with Crippen molar-refractivity contribution in [2.45, 2.75) is 24.8 Å². The lowest BCUT2D eigenvalue weighted by Crippen LogP contribution is -2.31. The molecule has 1 aliphatic rings. The highest BCUT2D eigenvalue weighted by Crippen LogP contribution is 2.24. The topological polar surface area (TPSA) is 69.4 Å². The zero-order chi connectivity index (χ0) is 12.1. The Labute approximate surface area is 101 Å². The van der Waals surface area contributed by atoms with Crippen LogP contribution in [0.4, 0.5) is 0 Å². The number of methoxy groups -OCH3 is 1. The second kappa shape index (κ2) is 6.09. The van der Waals surface area contributed by atoms with Crippen molar-refractivity contribution in [3.63, 3.8) is 0 Å². The molecular weight excluding hydrogens is 222 g/mol. The van der Waals surface area contributed by atoms with Gasteiger partial charge in [0, 0.05) is 26.2 Å². The van der Waals surface area contributed by atoms with Crippen LogP contribution in [0.5, 0.6) is 0 Å². The van der Waals surface area contributed by atoms with Crippen LogP contribution in [0.2, 0.25) is 0 Å². The summed E-state index contributed by atoms with van der Waals surface area (Å²) in [7, 11) is 3.61. The Balaban J connectivity index is 1.93. The number of nitrogens with zero attached hydrogens (tertiary/aromatic N) is 2. The van der Waals surface area contributed by atoms with Crippen LogP contribution in [0.15, 0.2) is 4.52 Å². The molecule has 0 saturated carbocycles. The van der Waals surface area contributed by atoms with Crippen LogP contribution in [0.25, 0.3) is 0 Å². The highest BCUT2D eigenvalue weighted by Gasteiger charge is 2.32.